The summed E-state index contributed by atoms with van der Waals surface area (Å²) >= 11 is 0. The number of ether oxygens (including phenoxy) is 2. The molecule has 0 unspecified atom stereocenters. The Labute approximate surface area is 142 Å². The third kappa shape index (κ3) is 3.60. The smallest absolute Gasteiger partial charge is 0.253 e. The standard InChI is InChI=1S/C18H24N2O4/c1-2-8-19-16(21)14-4-3-5-15(13-14)17(22)20-9-6-18(7-10-20)23-11-12-24-18/h3-5,13H,2,6-12H2,1H3,(H,19,21). The van der Waals surface area contributed by atoms with Crippen LogP contribution in [0.25, 0.3) is 0 Å². The van der Waals surface area contributed by atoms with Crippen molar-refractivity contribution in [1.29, 1.82) is 0 Å². The summed E-state index contributed by atoms with van der Waals surface area (Å²) in [5.74, 6) is -0.677. The SMILES string of the molecule is CCCNC(=O)c1cccc(C(=O)N2CCC3(CC2)OCCO3)c1. The van der Waals surface area contributed by atoms with Crippen molar-refractivity contribution in [2.45, 2.75) is 32.0 Å². The summed E-state index contributed by atoms with van der Waals surface area (Å²) in [4.78, 5) is 26.6. The maximum absolute atomic E-state index is 12.7. The molecule has 0 saturated carbocycles. The molecule has 3 rings (SSSR count). The van der Waals surface area contributed by atoms with Gasteiger partial charge in [0.1, 0.15) is 0 Å². The number of nitrogens with zero attached hydrogens (tertiary/aromatic N) is 1. The maximum Gasteiger partial charge on any atom is 0.253 e. The van der Waals surface area contributed by atoms with Crippen molar-refractivity contribution in [1.82, 2.24) is 10.2 Å². The second kappa shape index (κ2) is 7.32. The van der Waals surface area contributed by atoms with Gasteiger partial charge in [0.25, 0.3) is 11.8 Å². The minimum atomic E-state index is -0.487. The quantitative estimate of drug-likeness (QED) is 0.913. The molecule has 2 heterocycles. The zero-order valence-corrected chi connectivity index (χ0v) is 14.0. The Morgan fingerprint density at radius 3 is 2.50 bits per heavy atom. The van der Waals surface area contributed by atoms with E-state index >= 15 is 0 Å². The minimum absolute atomic E-state index is 0.0482. The zero-order chi connectivity index (χ0) is 17.0. The summed E-state index contributed by atoms with van der Waals surface area (Å²) in [5.41, 5.74) is 1.06. The fourth-order valence-corrected chi connectivity index (χ4v) is 3.15. The molecule has 1 N–H and O–H groups in total. The molecule has 2 amide bonds. The monoisotopic (exact) mass is 332 g/mol. The molecule has 2 saturated heterocycles. The van der Waals surface area contributed by atoms with Crippen molar-refractivity contribution in [3.63, 3.8) is 0 Å². The van der Waals surface area contributed by atoms with Gasteiger partial charge < -0.3 is 19.7 Å². The molecule has 1 aromatic carbocycles. The van der Waals surface area contributed by atoms with Gasteiger partial charge in [0.05, 0.1) is 13.2 Å². The molecule has 0 aromatic heterocycles. The van der Waals surface area contributed by atoms with E-state index in [0.717, 1.165) is 6.42 Å². The molecule has 1 aromatic rings. The highest BCUT2D eigenvalue weighted by atomic mass is 16.7. The first-order valence-electron chi connectivity index (χ1n) is 8.59. The molecular formula is C18H24N2O4. The Morgan fingerprint density at radius 1 is 1.17 bits per heavy atom. The maximum atomic E-state index is 12.7. The number of hydrogen-bond acceptors (Lipinski definition) is 4. The van der Waals surface area contributed by atoms with Gasteiger partial charge >= 0.3 is 0 Å². The lowest BCUT2D eigenvalue weighted by molar-refractivity contribution is -0.181. The molecule has 0 radical (unpaired) electrons. The Balaban J connectivity index is 1.64. The van der Waals surface area contributed by atoms with Crippen molar-refractivity contribution < 1.29 is 19.1 Å². The van der Waals surface area contributed by atoms with Crippen LogP contribution in [0.4, 0.5) is 0 Å². The Morgan fingerprint density at radius 2 is 1.83 bits per heavy atom. The van der Waals surface area contributed by atoms with Crippen LogP contribution in [0.15, 0.2) is 24.3 Å². The number of carbonyl (C=O) groups is 2. The van der Waals surface area contributed by atoms with Crippen molar-refractivity contribution >= 4 is 11.8 Å². The highest BCUT2D eigenvalue weighted by Crippen LogP contribution is 2.31. The molecule has 0 atom stereocenters. The van der Waals surface area contributed by atoms with E-state index in [1.165, 1.54) is 0 Å². The first-order valence-corrected chi connectivity index (χ1v) is 8.59. The lowest BCUT2D eigenvalue weighted by Crippen LogP contribution is -2.47. The van der Waals surface area contributed by atoms with Crippen LogP contribution in [0, 0.1) is 0 Å². The predicted molar refractivity (Wildman–Crippen MR) is 88.8 cm³/mol. The van der Waals surface area contributed by atoms with Crippen LogP contribution in [0.1, 0.15) is 46.9 Å². The van der Waals surface area contributed by atoms with Crippen LogP contribution in [0.5, 0.6) is 0 Å². The molecule has 2 aliphatic rings. The number of carbonyl (C=O) groups excluding carboxylic acids is 2. The summed E-state index contributed by atoms with van der Waals surface area (Å²) < 4.78 is 11.4. The number of amides is 2. The molecule has 2 aliphatic heterocycles. The van der Waals surface area contributed by atoms with E-state index < -0.39 is 5.79 Å². The zero-order valence-electron chi connectivity index (χ0n) is 14.0. The van der Waals surface area contributed by atoms with E-state index in [-0.39, 0.29) is 11.8 Å². The fourth-order valence-electron chi connectivity index (χ4n) is 3.15. The topological polar surface area (TPSA) is 67.9 Å². The number of benzene rings is 1. The van der Waals surface area contributed by atoms with Crippen molar-refractivity contribution in [3.8, 4) is 0 Å². The number of rotatable bonds is 4. The van der Waals surface area contributed by atoms with Gasteiger partial charge in [-0.15, -0.1) is 0 Å². The van der Waals surface area contributed by atoms with E-state index in [2.05, 4.69) is 5.32 Å². The van der Waals surface area contributed by atoms with Gasteiger partial charge in [-0.25, -0.2) is 0 Å². The third-order valence-corrected chi connectivity index (χ3v) is 4.53. The highest BCUT2D eigenvalue weighted by molar-refractivity contribution is 5.99. The van der Waals surface area contributed by atoms with E-state index in [9.17, 15) is 9.59 Å². The second-order valence-corrected chi connectivity index (χ2v) is 6.24. The molecule has 0 bridgehead atoms. The van der Waals surface area contributed by atoms with Gasteiger partial charge in [-0.2, -0.15) is 0 Å². The van der Waals surface area contributed by atoms with Gasteiger partial charge in [0.15, 0.2) is 5.79 Å². The van der Waals surface area contributed by atoms with Gasteiger partial charge in [0.2, 0.25) is 0 Å². The summed E-state index contributed by atoms with van der Waals surface area (Å²) in [6.07, 6.45) is 2.26. The van der Waals surface area contributed by atoms with E-state index in [1.807, 2.05) is 6.92 Å². The number of nitrogens with one attached hydrogen (secondary N) is 1. The van der Waals surface area contributed by atoms with Gasteiger partial charge in [-0.1, -0.05) is 13.0 Å². The fraction of sp³-hybridized carbons (Fsp3) is 0.556. The minimum Gasteiger partial charge on any atom is -0.352 e. The van der Waals surface area contributed by atoms with Gasteiger partial charge in [0, 0.05) is 43.6 Å². The second-order valence-electron chi connectivity index (χ2n) is 6.24. The van der Waals surface area contributed by atoms with E-state index in [0.29, 0.717) is 56.8 Å². The summed E-state index contributed by atoms with van der Waals surface area (Å²) in [7, 11) is 0. The van der Waals surface area contributed by atoms with Gasteiger partial charge in [-0.3, -0.25) is 9.59 Å². The predicted octanol–water partition coefficient (Wildman–Crippen LogP) is 1.81. The van der Waals surface area contributed by atoms with Crippen LogP contribution in [0.2, 0.25) is 0 Å². The van der Waals surface area contributed by atoms with Crippen LogP contribution < -0.4 is 5.32 Å². The molecule has 2 fully saturated rings. The summed E-state index contributed by atoms with van der Waals surface area (Å²) in [5, 5.41) is 2.83. The normalized spacial score (nSPS) is 19.5. The number of piperidine rings is 1. The number of likely N-dealkylation sites (tertiary alicyclic amines) is 1. The summed E-state index contributed by atoms with van der Waals surface area (Å²) in [6, 6.07) is 6.90. The average Bonchev–Trinajstić information content (AvgIpc) is 3.08. The molecule has 130 valence electrons. The van der Waals surface area contributed by atoms with E-state index in [1.54, 1.807) is 29.2 Å². The van der Waals surface area contributed by atoms with Crippen molar-refractivity contribution in [2.75, 3.05) is 32.8 Å². The molecule has 6 heteroatoms. The Bertz CT molecular complexity index is 601. The average molecular weight is 332 g/mol. The van der Waals surface area contributed by atoms with Crippen molar-refractivity contribution in [3.05, 3.63) is 35.4 Å². The molecular weight excluding hydrogens is 308 g/mol. The largest absolute Gasteiger partial charge is 0.352 e. The third-order valence-electron chi connectivity index (χ3n) is 4.53. The molecule has 0 aliphatic carbocycles. The lowest BCUT2D eigenvalue weighted by Gasteiger charge is -2.37. The molecule has 1 spiro atoms. The molecule has 6 nitrogen and oxygen atoms in total. The van der Waals surface area contributed by atoms with Crippen LogP contribution >= 0.6 is 0 Å². The van der Waals surface area contributed by atoms with Crippen LogP contribution in [-0.4, -0.2) is 55.3 Å². The first-order chi connectivity index (χ1) is 11.6. The number of hydrogen-bond donors (Lipinski definition) is 1. The van der Waals surface area contributed by atoms with Crippen molar-refractivity contribution in [2.24, 2.45) is 0 Å². The van der Waals surface area contributed by atoms with Gasteiger partial charge in [-0.05, 0) is 24.6 Å². The molecule has 24 heavy (non-hydrogen) atoms. The Hall–Kier alpha value is -1.92. The highest BCUT2D eigenvalue weighted by Gasteiger charge is 2.40. The Kier molecular flexibility index (Phi) is 5.16. The summed E-state index contributed by atoms with van der Waals surface area (Å²) in [6.45, 7) is 5.09. The first kappa shape index (κ1) is 16.9. The lowest BCUT2D eigenvalue weighted by atomic mass is 10.0. The van der Waals surface area contributed by atoms with Crippen LogP contribution in [0.3, 0.4) is 0 Å². The van der Waals surface area contributed by atoms with Crippen LogP contribution in [-0.2, 0) is 9.47 Å². The van der Waals surface area contributed by atoms with E-state index in [4.69, 9.17) is 9.47 Å².